The predicted octanol–water partition coefficient (Wildman–Crippen LogP) is 2.78. The molecule has 0 radical (unpaired) electrons. The highest BCUT2D eigenvalue weighted by molar-refractivity contribution is 5.91. The van der Waals surface area contributed by atoms with E-state index in [4.69, 9.17) is 9.84 Å². The lowest BCUT2D eigenvalue weighted by atomic mass is 10.3. The minimum Gasteiger partial charge on any atom is -0.477 e. The summed E-state index contributed by atoms with van der Waals surface area (Å²) in [5.41, 5.74) is -0.0951. The molecule has 0 aliphatic heterocycles. The van der Waals surface area contributed by atoms with E-state index in [-0.39, 0.29) is 5.57 Å². The average Bonchev–Trinajstić information content (AvgIpc) is 2.34. The van der Waals surface area contributed by atoms with Crippen LogP contribution in [0, 0.1) is 6.07 Å². The minimum absolute atomic E-state index is 0.0951. The van der Waals surface area contributed by atoms with Crippen molar-refractivity contribution in [3.05, 3.63) is 47.0 Å². The minimum atomic E-state index is -1.11. The molecule has 0 aliphatic carbocycles. The molecule has 4 heteroatoms. The number of nitrogens with zero attached hydrogens (tertiary/aromatic N) is 1. The van der Waals surface area contributed by atoms with Gasteiger partial charge in [-0.1, -0.05) is 30.0 Å². The topological polar surface area (TPSA) is 50.9 Å². The van der Waals surface area contributed by atoms with E-state index in [9.17, 15) is 4.79 Å². The number of carboxylic acid groups (broad SMARTS) is 1. The molecular formula is C13H14NO3+. The van der Waals surface area contributed by atoms with Crippen LogP contribution in [0.4, 0.5) is 0 Å². The molecule has 17 heavy (non-hydrogen) atoms. The van der Waals surface area contributed by atoms with Gasteiger partial charge in [-0.3, -0.25) is 0 Å². The van der Waals surface area contributed by atoms with Crippen LogP contribution in [-0.2, 0) is 4.79 Å². The maximum atomic E-state index is 10.8. The summed E-state index contributed by atoms with van der Waals surface area (Å²) < 4.78 is 5.19. The van der Waals surface area contributed by atoms with Crippen LogP contribution in [0.25, 0.3) is 4.85 Å². The number of carbonyl (C=O) groups is 1. The summed E-state index contributed by atoms with van der Waals surface area (Å²) in [6, 6.07) is 11.4. The number of ether oxygens (including phenoxy) is 1. The normalized spacial score (nSPS) is 10.3. The molecule has 0 aliphatic rings. The number of hydrogen-bond acceptors (Lipinski definition) is 2. The summed E-state index contributed by atoms with van der Waals surface area (Å²) in [6.45, 7) is 2.51. The lowest BCUT2D eigenvalue weighted by Gasteiger charge is -1.97. The maximum Gasteiger partial charge on any atom is 0.354 e. The number of carboxylic acids is 1. The fraction of sp³-hybridized carbons (Fsp3) is 0.231. The molecule has 1 rings (SSSR count). The van der Waals surface area contributed by atoms with E-state index >= 15 is 0 Å². The average molecular weight is 232 g/mol. The molecule has 0 saturated heterocycles. The standard InChI is InChI=1S/C13H13NO3/c1-2-8-14-9-11(13(15)16)10-17-12-6-4-3-5-7-12/h3-7,10H,2,8H2,1H3/p+1. The predicted molar refractivity (Wildman–Crippen MR) is 65.2 cm³/mol. The van der Waals surface area contributed by atoms with Gasteiger partial charge in [-0.2, -0.15) is 0 Å². The van der Waals surface area contributed by atoms with Crippen molar-refractivity contribution in [2.75, 3.05) is 6.54 Å². The van der Waals surface area contributed by atoms with E-state index in [1.165, 1.54) is 0 Å². The second-order valence-corrected chi connectivity index (χ2v) is 3.26. The van der Waals surface area contributed by atoms with Crippen LogP contribution >= 0.6 is 0 Å². The van der Waals surface area contributed by atoms with Crippen LogP contribution in [-0.4, -0.2) is 17.6 Å². The molecule has 0 atom stereocenters. The van der Waals surface area contributed by atoms with Crippen LogP contribution in [0.1, 0.15) is 13.3 Å². The van der Waals surface area contributed by atoms with Crippen molar-refractivity contribution < 1.29 is 14.6 Å². The van der Waals surface area contributed by atoms with Crippen molar-refractivity contribution in [2.24, 2.45) is 0 Å². The van der Waals surface area contributed by atoms with Gasteiger partial charge in [0.15, 0.2) is 0 Å². The van der Waals surface area contributed by atoms with Gasteiger partial charge in [0.1, 0.15) is 12.0 Å². The molecule has 0 fully saturated rings. The fourth-order valence-corrected chi connectivity index (χ4v) is 1.00. The van der Waals surface area contributed by atoms with Crippen LogP contribution in [0.15, 0.2) is 42.2 Å². The highest BCUT2D eigenvalue weighted by Gasteiger charge is 2.11. The van der Waals surface area contributed by atoms with Gasteiger partial charge in [0.25, 0.3) is 6.54 Å². The molecule has 1 aromatic rings. The number of hydrogen-bond donors (Lipinski definition) is 1. The van der Waals surface area contributed by atoms with E-state index in [0.29, 0.717) is 12.3 Å². The SMILES string of the molecule is CCC[N+]#CC(=COc1ccccc1)C(=O)O. The summed E-state index contributed by atoms with van der Waals surface area (Å²) in [5, 5.41) is 8.88. The van der Waals surface area contributed by atoms with Crippen LogP contribution in [0.2, 0.25) is 0 Å². The van der Waals surface area contributed by atoms with Gasteiger partial charge in [-0.15, -0.1) is 0 Å². The molecule has 0 amide bonds. The summed E-state index contributed by atoms with van der Waals surface area (Å²) in [5.74, 6) is -0.538. The Morgan fingerprint density at radius 2 is 2.18 bits per heavy atom. The van der Waals surface area contributed by atoms with E-state index < -0.39 is 5.97 Å². The highest BCUT2D eigenvalue weighted by Crippen LogP contribution is 2.09. The monoisotopic (exact) mass is 232 g/mol. The molecule has 0 saturated carbocycles. The van der Waals surface area contributed by atoms with Gasteiger partial charge in [0, 0.05) is 6.42 Å². The van der Waals surface area contributed by atoms with Crippen molar-refractivity contribution in [1.29, 1.82) is 0 Å². The van der Waals surface area contributed by atoms with Gasteiger partial charge >= 0.3 is 12.0 Å². The lowest BCUT2D eigenvalue weighted by Crippen LogP contribution is -2.00. The quantitative estimate of drug-likeness (QED) is 0.493. The Morgan fingerprint density at radius 3 is 2.76 bits per heavy atom. The largest absolute Gasteiger partial charge is 0.477 e. The third-order valence-electron chi connectivity index (χ3n) is 1.82. The van der Waals surface area contributed by atoms with Gasteiger partial charge < -0.3 is 9.84 Å². The molecule has 0 unspecified atom stereocenters. The number of benzene rings is 1. The number of aliphatic carboxylic acids is 1. The first-order valence-corrected chi connectivity index (χ1v) is 5.31. The van der Waals surface area contributed by atoms with Crippen molar-refractivity contribution >= 4 is 5.97 Å². The lowest BCUT2D eigenvalue weighted by molar-refractivity contribution is -0.132. The summed E-state index contributed by atoms with van der Waals surface area (Å²) in [6.07, 6.45) is 1.98. The molecule has 4 nitrogen and oxygen atoms in total. The smallest absolute Gasteiger partial charge is 0.354 e. The van der Waals surface area contributed by atoms with Gasteiger partial charge in [-0.05, 0) is 12.1 Å². The Kier molecular flexibility index (Phi) is 5.32. The van der Waals surface area contributed by atoms with Crippen molar-refractivity contribution in [3.8, 4) is 11.8 Å². The first-order valence-electron chi connectivity index (χ1n) is 5.31. The molecule has 1 N–H and O–H groups in total. The Bertz CT molecular complexity index is 455. The molecular weight excluding hydrogens is 218 g/mol. The van der Waals surface area contributed by atoms with Gasteiger partial charge in [0.05, 0.1) is 0 Å². The highest BCUT2D eigenvalue weighted by atomic mass is 16.5. The fourth-order valence-electron chi connectivity index (χ4n) is 1.00. The Hall–Kier alpha value is -2.28. The van der Waals surface area contributed by atoms with Crippen LogP contribution in [0.3, 0.4) is 0 Å². The first-order chi connectivity index (χ1) is 8.24. The second-order valence-electron chi connectivity index (χ2n) is 3.26. The number of para-hydroxylation sites is 1. The van der Waals surface area contributed by atoms with E-state index in [1.807, 2.05) is 13.0 Å². The summed E-state index contributed by atoms with van der Waals surface area (Å²) in [4.78, 5) is 14.7. The van der Waals surface area contributed by atoms with E-state index in [0.717, 1.165) is 12.7 Å². The van der Waals surface area contributed by atoms with Crippen molar-refractivity contribution in [2.45, 2.75) is 13.3 Å². The van der Waals surface area contributed by atoms with Crippen molar-refractivity contribution in [1.82, 2.24) is 0 Å². The third kappa shape index (κ3) is 4.85. The first kappa shape index (κ1) is 12.8. The molecule has 1 aromatic carbocycles. The second kappa shape index (κ2) is 7.07. The molecule has 0 bridgehead atoms. The van der Waals surface area contributed by atoms with E-state index in [2.05, 4.69) is 10.9 Å². The number of rotatable bonds is 4. The maximum absolute atomic E-state index is 10.8. The van der Waals surface area contributed by atoms with E-state index in [1.54, 1.807) is 24.3 Å². The molecule has 88 valence electrons. The Morgan fingerprint density at radius 1 is 1.47 bits per heavy atom. The molecule has 0 aromatic heterocycles. The van der Waals surface area contributed by atoms with Crippen LogP contribution < -0.4 is 4.74 Å². The van der Waals surface area contributed by atoms with Gasteiger partial charge in [0.2, 0.25) is 5.57 Å². The Labute approximate surface area is 100.0 Å². The zero-order chi connectivity index (χ0) is 12.5. The molecule has 0 heterocycles. The Balaban J connectivity index is 2.72. The zero-order valence-corrected chi connectivity index (χ0v) is 9.59. The molecule has 0 spiro atoms. The summed E-state index contributed by atoms with van der Waals surface area (Å²) >= 11 is 0. The zero-order valence-electron chi connectivity index (χ0n) is 9.59. The summed E-state index contributed by atoms with van der Waals surface area (Å²) in [7, 11) is 0. The van der Waals surface area contributed by atoms with Crippen LogP contribution in [0.5, 0.6) is 5.75 Å². The van der Waals surface area contributed by atoms with Gasteiger partial charge in [-0.25, -0.2) is 4.79 Å². The third-order valence-corrected chi connectivity index (χ3v) is 1.82. The van der Waals surface area contributed by atoms with Crippen molar-refractivity contribution in [3.63, 3.8) is 0 Å².